The summed E-state index contributed by atoms with van der Waals surface area (Å²) < 4.78 is 0. The van der Waals surface area contributed by atoms with Crippen LogP contribution in [0.25, 0.3) is 21.8 Å². The van der Waals surface area contributed by atoms with Crippen LogP contribution in [0.3, 0.4) is 0 Å². The van der Waals surface area contributed by atoms with Crippen molar-refractivity contribution in [3.05, 3.63) is 72.1 Å². The summed E-state index contributed by atoms with van der Waals surface area (Å²) in [5.74, 6) is 1.12. The number of aromatic nitrogens is 2. The summed E-state index contributed by atoms with van der Waals surface area (Å²) in [4.78, 5) is 7.04. The molecule has 31 heavy (non-hydrogen) atoms. The number of rotatable bonds is 12. The third-order valence-electron chi connectivity index (χ3n) is 6.93. The van der Waals surface area contributed by atoms with Gasteiger partial charge in [-0.2, -0.15) is 0 Å². The van der Waals surface area contributed by atoms with Crippen molar-refractivity contribution in [3.63, 3.8) is 0 Å². The van der Waals surface area contributed by atoms with Gasteiger partial charge in [-0.3, -0.25) is 0 Å². The lowest BCUT2D eigenvalue weighted by Crippen LogP contribution is -2.07. The highest BCUT2D eigenvalue weighted by Crippen LogP contribution is 2.39. The van der Waals surface area contributed by atoms with Crippen molar-refractivity contribution in [2.75, 3.05) is 0 Å². The summed E-state index contributed by atoms with van der Waals surface area (Å²) >= 11 is 0. The lowest BCUT2D eigenvalue weighted by Gasteiger charge is -2.21. The van der Waals surface area contributed by atoms with Crippen LogP contribution in [-0.2, 0) is 0 Å². The summed E-state index contributed by atoms with van der Waals surface area (Å²) in [5.41, 5.74) is 5.35. The van der Waals surface area contributed by atoms with Crippen molar-refractivity contribution < 1.29 is 0 Å². The van der Waals surface area contributed by atoms with E-state index in [4.69, 9.17) is 0 Å². The summed E-state index contributed by atoms with van der Waals surface area (Å²) in [6.07, 6.45) is 16.7. The molecule has 1 atom stereocenters. The molecule has 1 unspecified atom stereocenters. The third-order valence-corrected chi connectivity index (χ3v) is 6.93. The molecule has 0 aliphatic carbocycles. The lowest BCUT2D eigenvalue weighted by atomic mass is 9.82. The van der Waals surface area contributed by atoms with E-state index >= 15 is 0 Å². The first-order valence-electron chi connectivity index (χ1n) is 12.4. The summed E-state index contributed by atoms with van der Waals surface area (Å²) in [7, 11) is 0. The minimum atomic E-state index is 0.409. The molecule has 0 bridgehead atoms. The number of unbranched alkanes of at least 4 members (excludes halogenated alkanes) is 6. The molecular formula is C29H38N2. The molecule has 2 nitrogen and oxygen atoms in total. The van der Waals surface area contributed by atoms with E-state index in [1.165, 1.54) is 90.7 Å². The number of nitrogens with one attached hydrogen (secondary N) is 2. The van der Waals surface area contributed by atoms with E-state index in [2.05, 4.69) is 84.7 Å². The van der Waals surface area contributed by atoms with Crippen LogP contribution in [0, 0.1) is 5.92 Å². The van der Waals surface area contributed by atoms with Gasteiger partial charge in [-0.1, -0.05) is 102 Å². The van der Waals surface area contributed by atoms with Crippen molar-refractivity contribution in [3.8, 4) is 0 Å². The minimum absolute atomic E-state index is 0.409. The van der Waals surface area contributed by atoms with Crippen molar-refractivity contribution >= 4 is 21.8 Å². The van der Waals surface area contributed by atoms with E-state index in [0.29, 0.717) is 11.8 Å². The van der Waals surface area contributed by atoms with Gasteiger partial charge in [0.05, 0.1) is 0 Å². The Kier molecular flexibility index (Phi) is 7.51. The zero-order valence-corrected chi connectivity index (χ0v) is 19.3. The fourth-order valence-corrected chi connectivity index (χ4v) is 5.16. The highest BCUT2D eigenvalue weighted by Gasteiger charge is 2.23. The van der Waals surface area contributed by atoms with Crippen molar-refractivity contribution in [1.82, 2.24) is 9.97 Å². The fraction of sp³-hybridized carbons (Fsp3) is 0.448. The highest BCUT2D eigenvalue weighted by molar-refractivity contribution is 5.88. The van der Waals surface area contributed by atoms with E-state index in [-0.39, 0.29) is 0 Å². The molecule has 2 aromatic heterocycles. The predicted octanol–water partition coefficient (Wildman–Crippen LogP) is 8.95. The molecule has 2 heterocycles. The molecule has 0 aliphatic heterocycles. The maximum atomic E-state index is 3.52. The molecule has 0 saturated heterocycles. The zero-order chi connectivity index (χ0) is 21.5. The molecule has 4 aromatic rings. The Labute approximate surface area is 187 Å². The lowest BCUT2D eigenvalue weighted by molar-refractivity contribution is 0.437. The van der Waals surface area contributed by atoms with Crippen LogP contribution >= 0.6 is 0 Å². The molecular weight excluding hydrogens is 376 g/mol. The average molecular weight is 415 g/mol. The molecule has 2 heteroatoms. The number of hydrogen-bond donors (Lipinski definition) is 2. The van der Waals surface area contributed by atoms with Gasteiger partial charge in [0, 0.05) is 40.1 Å². The van der Waals surface area contributed by atoms with Crippen molar-refractivity contribution in [1.29, 1.82) is 0 Å². The van der Waals surface area contributed by atoms with E-state index in [9.17, 15) is 0 Å². The molecule has 0 amide bonds. The molecule has 0 fully saturated rings. The Hall–Kier alpha value is -2.48. The Morgan fingerprint density at radius 3 is 1.77 bits per heavy atom. The van der Waals surface area contributed by atoms with Gasteiger partial charge in [-0.15, -0.1) is 0 Å². The van der Waals surface area contributed by atoms with Crippen LogP contribution in [0.2, 0.25) is 0 Å². The Morgan fingerprint density at radius 2 is 1.19 bits per heavy atom. The number of aromatic amines is 2. The van der Waals surface area contributed by atoms with Gasteiger partial charge in [0.15, 0.2) is 0 Å². The minimum Gasteiger partial charge on any atom is -0.361 e. The van der Waals surface area contributed by atoms with Gasteiger partial charge >= 0.3 is 0 Å². The largest absolute Gasteiger partial charge is 0.361 e. The summed E-state index contributed by atoms with van der Waals surface area (Å²) in [6.45, 7) is 4.74. The smallest absolute Gasteiger partial charge is 0.0457 e. The Morgan fingerprint density at radius 1 is 0.677 bits per heavy atom. The van der Waals surface area contributed by atoms with Crippen LogP contribution in [-0.4, -0.2) is 9.97 Å². The molecule has 4 rings (SSSR count). The van der Waals surface area contributed by atoms with Crippen LogP contribution in [0.15, 0.2) is 60.9 Å². The molecule has 0 aliphatic rings. The first kappa shape index (κ1) is 21.7. The molecule has 164 valence electrons. The molecule has 2 aromatic carbocycles. The number of H-pyrrole nitrogens is 2. The maximum Gasteiger partial charge on any atom is 0.0457 e. The third kappa shape index (κ3) is 5.23. The number of para-hydroxylation sites is 2. The average Bonchev–Trinajstić information content (AvgIpc) is 3.41. The summed E-state index contributed by atoms with van der Waals surface area (Å²) in [6, 6.07) is 17.5. The quantitative estimate of drug-likeness (QED) is 0.217. The van der Waals surface area contributed by atoms with Gasteiger partial charge in [-0.05, 0) is 35.6 Å². The van der Waals surface area contributed by atoms with Gasteiger partial charge in [0.25, 0.3) is 0 Å². The molecule has 0 spiro atoms. The van der Waals surface area contributed by atoms with Crippen LogP contribution in [0.1, 0.15) is 88.7 Å². The second-order valence-corrected chi connectivity index (χ2v) is 9.38. The fourth-order valence-electron chi connectivity index (χ4n) is 5.16. The number of hydrogen-bond acceptors (Lipinski definition) is 0. The molecule has 2 N–H and O–H groups in total. The Bertz CT molecular complexity index is 996. The summed E-state index contributed by atoms with van der Waals surface area (Å²) in [5, 5.41) is 2.72. The SMILES string of the molecule is CCCCCCCCCC(C)CC(c1c[nH]c2ccccc12)c1c[nH]c2ccccc12. The van der Waals surface area contributed by atoms with E-state index in [1.54, 1.807) is 0 Å². The second kappa shape index (κ2) is 10.7. The Balaban J connectivity index is 1.50. The first-order valence-corrected chi connectivity index (χ1v) is 12.4. The topological polar surface area (TPSA) is 31.6 Å². The van der Waals surface area contributed by atoms with Gasteiger partial charge < -0.3 is 9.97 Å². The zero-order valence-electron chi connectivity index (χ0n) is 19.3. The maximum absolute atomic E-state index is 3.52. The molecule has 0 radical (unpaired) electrons. The van der Waals surface area contributed by atoms with Gasteiger partial charge in [0.2, 0.25) is 0 Å². The second-order valence-electron chi connectivity index (χ2n) is 9.38. The van der Waals surface area contributed by atoms with Crippen molar-refractivity contribution in [2.24, 2.45) is 5.92 Å². The normalized spacial score (nSPS) is 12.9. The van der Waals surface area contributed by atoms with E-state index in [0.717, 1.165) is 0 Å². The van der Waals surface area contributed by atoms with Gasteiger partial charge in [0.1, 0.15) is 0 Å². The number of benzene rings is 2. The van der Waals surface area contributed by atoms with E-state index in [1.807, 2.05) is 0 Å². The predicted molar refractivity (Wildman–Crippen MR) is 135 cm³/mol. The van der Waals surface area contributed by atoms with Crippen LogP contribution in [0.4, 0.5) is 0 Å². The van der Waals surface area contributed by atoms with Crippen molar-refractivity contribution in [2.45, 2.75) is 77.6 Å². The van der Waals surface area contributed by atoms with E-state index < -0.39 is 0 Å². The highest BCUT2D eigenvalue weighted by atomic mass is 14.7. The molecule has 0 saturated carbocycles. The monoisotopic (exact) mass is 414 g/mol. The number of fused-ring (bicyclic) bond motifs is 2. The standard InChI is InChI=1S/C29H38N2/c1-3-4-5-6-7-8-9-14-22(2)19-25(26-20-30-28-17-12-10-15-23(26)28)27-21-31-29-18-13-11-16-24(27)29/h10-13,15-18,20-22,25,30-31H,3-9,14,19H2,1-2H3. The van der Waals surface area contributed by atoms with Gasteiger partial charge in [-0.25, -0.2) is 0 Å². The first-order chi connectivity index (χ1) is 15.3. The van der Waals surface area contributed by atoms with Crippen LogP contribution in [0.5, 0.6) is 0 Å². The van der Waals surface area contributed by atoms with Crippen LogP contribution < -0.4 is 0 Å².